The lowest BCUT2D eigenvalue weighted by atomic mass is 9.87. The molecule has 28 heavy (non-hydrogen) atoms. The first-order valence-electron chi connectivity index (χ1n) is 9.02. The van der Waals surface area contributed by atoms with E-state index >= 15 is 0 Å². The Kier molecular flexibility index (Phi) is 5.69. The number of hydrogen-bond donors (Lipinski definition) is 1. The van der Waals surface area contributed by atoms with Crippen molar-refractivity contribution in [3.63, 3.8) is 0 Å². The summed E-state index contributed by atoms with van der Waals surface area (Å²) in [5, 5.41) is 8.02. The van der Waals surface area contributed by atoms with Crippen molar-refractivity contribution in [3.05, 3.63) is 30.4 Å². The highest BCUT2D eigenvalue weighted by Crippen LogP contribution is 2.30. The molecule has 0 bridgehead atoms. The van der Waals surface area contributed by atoms with Gasteiger partial charge in [-0.15, -0.1) is 5.10 Å². The average molecular weight is 406 g/mol. The van der Waals surface area contributed by atoms with Gasteiger partial charge in [-0.05, 0) is 51.7 Å². The fourth-order valence-corrected chi connectivity index (χ4v) is 3.85. The largest absolute Gasteiger partial charge is 0.489 e. The summed E-state index contributed by atoms with van der Waals surface area (Å²) in [5.41, 5.74) is 2.65. The zero-order valence-corrected chi connectivity index (χ0v) is 17.0. The Bertz CT molecular complexity index is 986. The van der Waals surface area contributed by atoms with Gasteiger partial charge in [0.2, 0.25) is 15.9 Å². The van der Waals surface area contributed by atoms with Crippen LogP contribution in [0.2, 0.25) is 0 Å². The number of carbonyl (C=O) groups excluding carboxylic acids is 1. The Morgan fingerprint density at radius 2 is 2.11 bits per heavy atom. The number of aromatic nitrogens is 4. The summed E-state index contributed by atoms with van der Waals surface area (Å²) >= 11 is 0. The van der Waals surface area contributed by atoms with E-state index in [2.05, 4.69) is 26.9 Å². The zero-order chi connectivity index (χ0) is 20.5. The summed E-state index contributed by atoms with van der Waals surface area (Å²) < 4.78 is 32.3. The highest BCUT2D eigenvalue weighted by molar-refractivity contribution is 7.89. The number of aryl methyl sites for hydroxylation is 2. The minimum absolute atomic E-state index is 0.171. The van der Waals surface area contributed by atoms with Gasteiger partial charge < -0.3 is 4.74 Å². The van der Waals surface area contributed by atoms with Crippen molar-refractivity contribution in [1.29, 1.82) is 0 Å². The first-order valence-corrected chi connectivity index (χ1v) is 10.9. The van der Waals surface area contributed by atoms with Gasteiger partial charge in [0.05, 0.1) is 29.4 Å². The van der Waals surface area contributed by atoms with Crippen molar-refractivity contribution in [2.75, 3.05) is 6.26 Å². The number of nitrogens with one attached hydrogen (secondary N) is 1. The van der Waals surface area contributed by atoms with Gasteiger partial charge in [0.25, 0.3) is 0 Å². The lowest BCUT2D eigenvalue weighted by Gasteiger charge is -2.29. The Balaban J connectivity index is 1.69. The third-order valence-corrected chi connectivity index (χ3v) is 5.37. The maximum absolute atomic E-state index is 12.1. The van der Waals surface area contributed by atoms with E-state index in [0.29, 0.717) is 41.4 Å². The van der Waals surface area contributed by atoms with E-state index < -0.39 is 15.9 Å². The summed E-state index contributed by atoms with van der Waals surface area (Å²) in [7, 11) is -1.79. The Morgan fingerprint density at radius 1 is 1.36 bits per heavy atom. The van der Waals surface area contributed by atoms with Gasteiger partial charge in [0.15, 0.2) is 0 Å². The van der Waals surface area contributed by atoms with Crippen LogP contribution in [0.5, 0.6) is 5.75 Å². The standard InChI is InChI=1S/C18H24N5O4S/c1-11-16(9-8-15(19-11)17-12(2)23(3)22-20-17)27-14-7-5-6-13(10-14)18(24)21-28(4,25)26/h8-9,13-14H,2,5-7,10H2,1,3-4H3,(H,21,24)/t13-,14-/m0/s1. The minimum Gasteiger partial charge on any atom is -0.489 e. The number of sulfonamides is 1. The van der Waals surface area contributed by atoms with Crippen molar-refractivity contribution in [2.45, 2.75) is 38.7 Å². The molecule has 9 nitrogen and oxygen atoms in total. The number of carbonyl (C=O) groups is 1. The second kappa shape index (κ2) is 7.86. The molecule has 2 heterocycles. The molecule has 151 valence electrons. The molecule has 0 aliphatic heterocycles. The molecule has 0 unspecified atom stereocenters. The van der Waals surface area contributed by atoms with Crippen LogP contribution in [0.4, 0.5) is 0 Å². The first-order chi connectivity index (χ1) is 13.1. The van der Waals surface area contributed by atoms with Gasteiger partial charge in [-0.25, -0.2) is 13.4 Å². The van der Waals surface area contributed by atoms with Gasteiger partial charge in [0.1, 0.15) is 11.4 Å². The molecule has 2 aromatic heterocycles. The van der Waals surface area contributed by atoms with Crippen LogP contribution in [0.1, 0.15) is 37.1 Å². The fourth-order valence-electron chi connectivity index (χ4n) is 3.32. The van der Waals surface area contributed by atoms with E-state index in [1.54, 1.807) is 17.8 Å². The number of pyridine rings is 1. The van der Waals surface area contributed by atoms with Crippen molar-refractivity contribution in [2.24, 2.45) is 13.0 Å². The summed E-state index contributed by atoms with van der Waals surface area (Å²) in [4.78, 5) is 16.7. The van der Waals surface area contributed by atoms with Crippen LogP contribution in [0.3, 0.4) is 0 Å². The van der Waals surface area contributed by atoms with Crippen LogP contribution in [-0.2, 0) is 21.9 Å². The molecular weight excluding hydrogens is 382 g/mol. The second-order valence-electron chi connectivity index (χ2n) is 7.13. The Hall–Kier alpha value is -2.49. The van der Waals surface area contributed by atoms with Crippen molar-refractivity contribution in [1.82, 2.24) is 24.7 Å². The molecule has 1 aliphatic carbocycles. The van der Waals surface area contributed by atoms with Crippen molar-refractivity contribution < 1.29 is 17.9 Å². The van der Waals surface area contributed by atoms with E-state index in [9.17, 15) is 13.2 Å². The third-order valence-electron chi connectivity index (χ3n) is 4.80. The molecule has 0 spiro atoms. The lowest BCUT2D eigenvalue weighted by Crippen LogP contribution is -2.39. The number of ether oxygens (including phenoxy) is 1. The van der Waals surface area contributed by atoms with Crippen LogP contribution in [-0.4, -0.2) is 46.7 Å². The molecule has 0 aromatic carbocycles. The first kappa shape index (κ1) is 20.2. The number of hydrogen-bond acceptors (Lipinski definition) is 7. The summed E-state index contributed by atoms with van der Waals surface area (Å²) in [6.07, 6.45) is 3.52. The monoisotopic (exact) mass is 406 g/mol. The quantitative estimate of drug-likeness (QED) is 0.797. The average Bonchev–Trinajstić information content (AvgIpc) is 2.95. The predicted molar refractivity (Wildman–Crippen MR) is 103 cm³/mol. The molecule has 1 saturated carbocycles. The normalized spacial score (nSPS) is 20.0. The van der Waals surface area contributed by atoms with E-state index in [1.165, 1.54) is 0 Å². The van der Waals surface area contributed by atoms with Gasteiger partial charge in [-0.2, -0.15) is 0 Å². The highest BCUT2D eigenvalue weighted by atomic mass is 32.2. The summed E-state index contributed by atoms with van der Waals surface area (Å²) in [6, 6.07) is 3.63. The Morgan fingerprint density at radius 3 is 2.71 bits per heavy atom. The van der Waals surface area contributed by atoms with Crippen LogP contribution in [0, 0.1) is 19.8 Å². The fraction of sp³-hybridized carbons (Fsp3) is 0.500. The lowest BCUT2D eigenvalue weighted by molar-refractivity contribution is -0.125. The minimum atomic E-state index is -3.56. The molecular formula is C18H24N5O4S. The van der Waals surface area contributed by atoms with E-state index in [0.717, 1.165) is 19.1 Å². The second-order valence-corrected chi connectivity index (χ2v) is 8.88. The highest BCUT2D eigenvalue weighted by Gasteiger charge is 2.30. The van der Waals surface area contributed by atoms with Crippen LogP contribution < -0.4 is 9.46 Å². The van der Waals surface area contributed by atoms with Crippen molar-refractivity contribution >= 4 is 15.9 Å². The van der Waals surface area contributed by atoms with E-state index in [-0.39, 0.29) is 12.0 Å². The van der Waals surface area contributed by atoms with Crippen LogP contribution >= 0.6 is 0 Å². The predicted octanol–water partition coefficient (Wildman–Crippen LogP) is 1.38. The Labute approximate surface area is 164 Å². The molecule has 1 fully saturated rings. The maximum Gasteiger partial charge on any atom is 0.236 e. The summed E-state index contributed by atoms with van der Waals surface area (Å²) in [6.45, 7) is 5.78. The van der Waals surface area contributed by atoms with Gasteiger partial charge in [-0.3, -0.25) is 14.2 Å². The van der Waals surface area contributed by atoms with Crippen LogP contribution in [0.15, 0.2) is 12.1 Å². The number of amides is 1. The summed E-state index contributed by atoms with van der Waals surface area (Å²) in [5.74, 6) is -0.214. The smallest absolute Gasteiger partial charge is 0.236 e. The molecule has 2 atom stereocenters. The molecule has 0 saturated heterocycles. The number of rotatable bonds is 5. The molecule has 1 N–H and O–H groups in total. The molecule has 1 aliphatic rings. The molecule has 3 rings (SSSR count). The van der Waals surface area contributed by atoms with Gasteiger partial charge in [0, 0.05) is 13.0 Å². The SMILES string of the molecule is [CH2]c1c(-c2ccc(O[C@H]3CCC[C@H](C(=O)NS(C)(=O)=O)C3)c(C)n2)nnn1C. The molecule has 2 aromatic rings. The third kappa shape index (κ3) is 4.67. The zero-order valence-electron chi connectivity index (χ0n) is 16.2. The molecule has 1 amide bonds. The topological polar surface area (TPSA) is 116 Å². The maximum atomic E-state index is 12.1. The number of nitrogens with zero attached hydrogens (tertiary/aromatic N) is 4. The van der Waals surface area contributed by atoms with E-state index in [1.807, 2.05) is 13.0 Å². The molecule has 10 heteroatoms. The van der Waals surface area contributed by atoms with Gasteiger partial charge in [-0.1, -0.05) is 5.21 Å². The van der Waals surface area contributed by atoms with Crippen LogP contribution in [0.25, 0.3) is 11.4 Å². The molecule has 1 radical (unpaired) electrons. The van der Waals surface area contributed by atoms with Gasteiger partial charge >= 0.3 is 0 Å². The van der Waals surface area contributed by atoms with Crippen molar-refractivity contribution in [3.8, 4) is 17.1 Å². The van der Waals surface area contributed by atoms with E-state index in [4.69, 9.17) is 4.74 Å².